The number of carboxylic acids is 2. The van der Waals surface area contributed by atoms with Crippen molar-refractivity contribution in [1.82, 2.24) is 0 Å². The summed E-state index contributed by atoms with van der Waals surface area (Å²) in [7, 11) is -1.24. The molecule has 6 N–H and O–H groups in total. The predicted molar refractivity (Wildman–Crippen MR) is 71.3 cm³/mol. The molecular weight excluding hydrogens is 376 g/mol. The maximum atomic E-state index is 11.6. The number of Topliss-reactive ketones (excluding diaryl/α,β-unsaturated/α-hetero) is 2. The van der Waals surface area contributed by atoms with E-state index in [0.717, 1.165) is 0 Å². The minimum absolute atomic E-state index is 0.620. The van der Waals surface area contributed by atoms with Crippen LogP contribution in [0.3, 0.4) is 0 Å². The second kappa shape index (κ2) is 8.72. The molecule has 0 spiro atoms. The molecule has 0 aromatic carbocycles. The zero-order valence-electron chi connectivity index (χ0n) is 11.5. The lowest BCUT2D eigenvalue weighted by Gasteiger charge is -2.33. The fraction of sp³-hybridized carbons (Fsp3) is 0.600. The zero-order chi connectivity index (χ0) is 19.3. The predicted octanol–water partition coefficient (Wildman–Crippen LogP) is -6.91. The fourth-order valence-corrected chi connectivity index (χ4v) is 3.53. The second-order valence-electron chi connectivity index (χ2n) is 4.15. The molecule has 0 radical (unpaired) electrons. The summed E-state index contributed by atoms with van der Waals surface area (Å²) in [4.78, 5) is 37.6. The normalized spacial score (nSPS) is 18.8. The second-order valence-corrected chi connectivity index (χ2v) is 6.67. The first-order chi connectivity index (χ1) is 10.9. The highest BCUT2D eigenvalue weighted by molar-refractivity contribution is 8.78. The quantitative estimate of drug-likeness (QED) is 0.110. The van der Waals surface area contributed by atoms with E-state index in [4.69, 9.17) is 20.4 Å². The van der Waals surface area contributed by atoms with Gasteiger partial charge in [0.1, 0.15) is 12.2 Å². The van der Waals surface area contributed by atoms with Crippen LogP contribution in [0.25, 0.3) is 0 Å². The summed E-state index contributed by atoms with van der Waals surface area (Å²) in [5.74, 6) is -8.96. The number of carboxylic acid groups (broad SMARTS) is 2. The molecule has 0 aliphatic rings. The molecule has 0 bridgehead atoms. The number of rotatable bonds is 11. The molecule has 12 nitrogen and oxygen atoms in total. The third kappa shape index (κ3) is 4.64. The summed E-state index contributed by atoms with van der Waals surface area (Å²) in [6, 6.07) is 0. The van der Waals surface area contributed by atoms with E-state index in [2.05, 4.69) is 0 Å². The number of carbonyl (C=O) groups excluding carboxylic acids is 4. The summed E-state index contributed by atoms with van der Waals surface area (Å²) < 4.78 is 0. The van der Waals surface area contributed by atoms with Crippen molar-refractivity contribution in [3.05, 3.63) is 0 Å². The molecule has 0 aliphatic heterocycles. The number of carbonyl (C=O) groups is 4. The van der Waals surface area contributed by atoms with E-state index in [1.54, 1.807) is 0 Å². The van der Waals surface area contributed by atoms with Crippen LogP contribution in [0, 0.1) is 0 Å². The molecule has 4 unspecified atom stereocenters. The average Bonchev–Trinajstić information content (AvgIpc) is 2.55. The van der Waals surface area contributed by atoms with Crippen molar-refractivity contribution in [3.8, 4) is 0 Å². The zero-order valence-corrected chi connectivity index (χ0v) is 13.2. The third-order valence-electron chi connectivity index (χ3n) is 2.46. The number of aliphatic hydroxyl groups is 6. The van der Waals surface area contributed by atoms with E-state index in [-0.39, 0.29) is 0 Å². The van der Waals surface area contributed by atoms with Gasteiger partial charge in [0, 0.05) is 0 Å². The van der Waals surface area contributed by atoms with E-state index in [0.29, 0.717) is 0 Å². The number of aliphatic hydroxyl groups excluding tert-OH is 4. The first kappa shape index (κ1) is 22.7. The van der Waals surface area contributed by atoms with Gasteiger partial charge in [-0.05, 0) is 21.6 Å². The molecule has 0 fully saturated rings. The molecule has 0 saturated carbocycles. The number of ketones is 2. The maximum absolute atomic E-state index is 11.6. The van der Waals surface area contributed by atoms with Gasteiger partial charge in [-0.2, -0.15) is 0 Å². The van der Waals surface area contributed by atoms with Gasteiger partial charge in [-0.3, -0.25) is 9.59 Å². The Kier molecular flexibility index (Phi) is 8.27. The molecule has 0 aromatic heterocycles. The molecule has 0 aliphatic carbocycles. The highest BCUT2D eigenvalue weighted by Gasteiger charge is 2.49. The molecule has 0 saturated heterocycles. The highest BCUT2D eigenvalue weighted by atomic mass is 33.1. The first-order valence-corrected chi connectivity index (χ1v) is 7.94. The minimum atomic E-state index is -3.67. The Labute approximate surface area is 141 Å². The van der Waals surface area contributed by atoms with E-state index >= 15 is 0 Å². The van der Waals surface area contributed by atoms with Gasteiger partial charge >= 0.3 is 0 Å². The van der Waals surface area contributed by atoms with Crippen LogP contribution in [0.15, 0.2) is 0 Å². The molecule has 138 valence electrons. The van der Waals surface area contributed by atoms with Crippen LogP contribution >= 0.6 is 21.6 Å². The Morgan fingerprint density at radius 3 is 1.21 bits per heavy atom. The molecule has 0 aromatic rings. The monoisotopic (exact) mass is 388 g/mol. The lowest BCUT2D eigenvalue weighted by atomic mass is 10.1. The van der Waals surface area contributed by atoms with Crippen LogP contribution in [0.4, 0.5) is 0 Å². The summed E-state index contributed by atoms with van der Waals surface area (Å²) in [6.07, 6.45) is -4.79. The molecule has 14 heteroatoms. The summed E-state index contributed by atoms with van der Waals surface area (Å²) in [5.41, 5.74) is 0. The Bertz CT molecular complexity index is 478. The molecule has 0 heterocycles. The topological polar surface area (TPSA) is 236 Å². The number of hydrogen-bond donors (Lipinski definition) is 6. The van der Waals surface area contributed by atoms with Crippen LogP contribution in [0.2, 0.25) is 0 Å². The fourth-order valence-electron chi connectivity index (χ4n) is 1.09. The Morgan fingerprint density at radius 2 is 1.04 bits per heavy atom. The van der Waals surface area contributed by atoms with Crippen molar-refractivity contribution in [2.45, 2.75) is 22.1 Å². The smallest absolute Gasteiger partial charge is 0.222 e. The number of hydrogen-bond acceptors (Lipinski definition) is 14. The van der Waals surface area contributed by atoms with E-state index in [9.17, 15) is 39.6 Å². The van der Waals surface area contributed by atoms with Gasteiger partial charge in [-0.25, -0.2) is 0 Å². The third-order valence-corrected chi connectivity index (χ3v) is 5.45. The minimum Gasteiger partial charge on any atom is -0.545 e. The van der Waals surface area contributed by atoms with Crippen molar-refractivity contribution in [3.63, 3.8) is 0 Å². The molecular formula is C10H12O12S2-2. The van der Waals surface area contributed by atoms with Crippen LogP contribution in [0.1, 0.15) is 0 Å². The lowest BCUT2D eigenvalue weighted by molar-refractivity contribution is -0.317. The van der Waals surface area contributed by atoms with E-state index in [1.807, 2.05) is 0 Å². The van der Waals surface area contributed by atoms with Crippen molar-refractivity contribution in [2.24, 2.45) is 0 Å². The average molecular weight is 388 g/mol. The first-order valence-electron chi connectivity index (χ1n) is 5.79. The standard InChI is InChI=1S/C10H14O12S2/c11-1-3(13)5(15)9(21,7(17)18)23-24-10(22,8(19)20)6(16)4(14)2-12/h3-4,11-14,21-22H,1-2H2,(H,17,18)(H,19,20)/p-2. The van der Waals surface area contributed by atoms with Gasteiger partial charge in [-0.15, -0.1) is 0 Å². The molecule has 0 rings (SSSR count). The summed E-state index contributed by atoms with van der Waals surface area (Å²) in [5, 5.41) is 76.5. The molecule has 0 amide bonds. The Morgan fingerprint density at radius 1 is 0.792 bits per heavy atom. The van der Waals surface area contributed by atoms with Gasteiger partial charge < -0.3 is 50.4 Å². The van der Waals surface area contributed by atoms with Gasteiger partial charge in [0.25, 0.3) is 0 Å². The Balaban J connectivity index is 5.59. The number of aliphatic carboxylic acids is 2. The van der Waals surface area contributed by atoms with Crippen LogP contribution in [-0.2, 0) is 19.2 Å². The van der Waals surface area contributed by atoms with Crippen LogP contribution in [-0.4, -0.2) is 89.4 Å². The van der Waals surface area contributed by atoms with Gasteiger partial charge in [-0.1, -0.05) is 0 Å². The summed E-state index contributed by atoms with van der Waals surface area (Å²) >= 11 is 0. The maximum Gasteiger partial charge on any atom is 0.222 e. The van der Waals surface area contributed by atoms with E-state index in [1.165, 1.54) is 0 Å². The van der Waals surface area contributed by atoms with Gasteiger partial charge in [0.2, 0.25) is 21.4 Å². The van der Waals surface area contributed by atoms with Gasteiger partial charge in [0.15, 0.2) is 0 Å². The molecule has 24 heavy (non-hydrogen) atoms. The lowest BCUT2D eigenvalue weighted by Crippen LogP contribution is -2.58. The van der Waals surface area contributed by atoms with Crippen molar-refractivity contribution in [2.75, 3.05) is 13.2 Å². The largest absolute Gasteiger partial charge is 0.545 e. The van der Waals surface area contributed by atoms with Crippen LogP contribution in [0.5, 0.6) is 0 Å². The summed E-state index contributed by atoms with van der Waals surface area (Å²) in [6.45, 7) is -2.60. The van der Waals surface area contributed by atoms with Crippen molar-refractivity contribution >= 4 is 45.1 Å². The molecule has 4 atom stereocenters. The SMILES string of the molecule is O=C([O-])C(O)(SSC(O)(C(=O)[O-])C(=O)C(O)CO)C(=O)C(O)CO. The van der Waals surface area contributed by atoms with Gasteiger partial charge in [0.05, 0.1) is 25.2 Å². The Hall–Kier alpha value is -1.26. The van der Waals surface area contributed by atoms with Crippen LogP contribution < -0.4 is 10.2 Å². The highest BCUT2D eigenvalue weighted by Crippen LogP contribution is 2.43. The van der Waals surface area contributed by atoms with Crippen molar-refractivity contribution < 1.29 is 60.0 Å². The van der Waals surface area contributed by atoms with E-state index < -0.39 is 80.4 Å². The van der Waals surface area contributed by atoms with Crippen molar-refractivity contribution in [1.29, 1.82) is 0 Å².